The van der Waals surface area contributed by atoms with Crippen LogP contribution < -0.4 is 5.32 Å². The molecule has 7 nitrogen and oxygen atoms in total. The molecule has 0 aliphatic heterocycles. The molecule has 2 aromatic heterocycles. The molecule has 2 aromatic rings. The highest BCUT2D eigenvalue weighted by atomic mass is 32.1. The standard InChI is InChI=1S/C12H13N5O2S/c1-12(2)3-6-9(8(18)4-12)20-11(14-6)15-10(19)7-5-13-17-16-7/h5H,3-4H2,1-2H3,(H,13,16,17)(H,14,15,19). The van der Waals surface area contributed by atoms with Crippen LogP contribution in [0, 0.1) is 5.41 Å². The molecule has 20 heavy (non-hydrogen) atoms. The van der Waals surface area contributed by atoms with Crippen LogP contribution in [0.3, 0.4) is 0 Å². The number of carbonyl (C=O) groups excluding carboxylic acids is 2. The van der Waals surface area contributed by atoms with E-state index in [1.54, 1.807) is 0 Å². The average molecular weight is 291 g/mol. The third-order valence-electron chi connectivity index (χ3n) is 3.10. The molecule has 2 heterocycles. The number of aromatic amines is 1. The van der Waals surface area contributed by atoms with Crippen LogP contribution in [0.5, 0.6) is 0 Å². The third kappa shape index (κ3) is 2.34. The Morgan fingerprint density at radius 2 is 2.25 bits per heavy atom. The molecule has 0 saturated carbocycles. The van der Waals surface area contributed by atoms with Crippen molar-refractivity contribution in [2.24, 2.45) is 5.41 Å². The van der Waals surface area contributed by atoms with Gasteiger partial charge in [-0.3, -0.25) is 14.9 Å². The zero-order chi connectivity index (χ0) is 14.3. The van der Waals surface area contributed by atoms with E-state index in [1.165, 1.54) is 17.5 Å². The molecule has 0 fully saturated rings. The number of aromatic nitrogens is 4. The largest absolute Gasteiger partial charge is 0.296 e. The topological polar surface area (TPSA) is 101 Å². The molecule has 0 saturated heterocycles. The van der Waals surface area contributed by atoms with Crippen LogP contribution in [0.1, 0.15) is 46.1 Å². The number of nitrogens with one attached hydrogen (secondary N) is 2. The highest BCUT2D eigenvalue weighted by Gasteiger charge is 2.34. The van der Waals surface area contributed by atoms with E-state index in [-0.39, 0.29) is 16.9 Å². The van der Waals surface area contributed by atoms with E-state index >= 15 is 0 Å². The van der Waals surface area contributed by atoms with Crippen molar-refractivity contribution in [3.8, 4) is 0 Å². The molecule has 0 unspecified atom stereocenters. The lowest BCUT2D eigenvalue weighted by molar-refractivity contribution is 0.0915. The van der Waals surface area contributed by atoms with E-state index in [0.717, 1.165) is 12.1 Å². The van der Waals surface area contributed by atoms with Crippen LogP contribution >= 0.6 is 11.3 Å². The number of carbonyl (C=O) groups is 2. The lowest BCUT2D eigenvalue weighted by atomic mass is 9.78. The van der Waals surface area contributed by atoms with Crippen LogP contribution in [0.25, 0.3) is 0 Å². The smallest absolute Gasteiger partial charge is 0.279 e. The summed E-state index contributed by atoms with van der Waals surface area (Å²) < 4.78 is 0. The van der Waals surface area contributed by atoms with E-state index in [2.05, 4.69) is 25.7 Å². The molecule has 0 radical (unpaired) electrons. The van der Waals surface area contributed by atoms with E-state index in [4.69, 9.17) is 0 Å². The Bertz CT molecular complexity index is 674. The predicted octanol–water partition coefficient (Wildman–Crippen LogP) is 1.67. The second-order valence-corrected chi connectivity index (χ2v) is 6.54. The molecule has 3 rings (SSSR count). The first kappa shape index (κ1) is 12.9. The maximum absolute atomic E-state index is 12.1. The molecule has 0 atom stereocenters. The monoisotopic (exact) mass is 291 g/mol. The average Bonchev–Trinajstić information content (AvgIpc) is 2.95. The minimum Gasteiger partial charge on any atom is -0.296 e. The maximum atomic E-state index is 12.1. The van der Waals surface area contributed by atoms with Gasteiger partial charge in [-0.05, 0) is 11.8 Å². The molecule has 1 aliphatic carbocycles. The number of H-pyrrole nitrogens is 1. The van der Waals surface area contributed by atoms with Gasteiger partial charge in [-0.15, -0.1) is 0 Å². The lowest BCUT2D eigenvalue weighted by Gasteiger charge is -2.26. The second kappa shape index (κ2) is 4.48. The number of nitrogens with zero attached hydrogens (tertiary/aromatic N) is 3. The second-order valence-electron chi connectivity index (χ2n) is 5.55. The fraction of sp³-hybridized carbons (Fsp3) is 0.417. The van der Waals surface area contributed by atoms with Gasteiger partial charge in [0, 0.05) is 6.42 Å². The first-order valence-corrected chi connectivity index (χ1v) is 6.96. The number of fused-ring (bicyclic) bond motifs is 1. The number of ketones is 1. The number of thiazole rings is 1. The normalized spacial score (nSPS) is 16.8. The van der Waals surface area contributed by atoms with Crippen LogP contribution in [0.2, 0.25) is 0 Å². The number of hydrogen-bond donors (Lipinski definition) is 2. The first-order chi connectivity index (χ1) is 9.44. The molecule has 0 aromatic carbocycles. The number of anilines is 1. The predicted molar refractivity (Wildman–Crippen MR) is 72.9 cm³/mol. The Balaban J connectivity index is 1.84. The van der Waals surface area contributed by atoms with Crippen molar-refractivity contribution in [2.45, 2.75) is 26.7 Å². The fourth-order valence-corrected chi connectivity index (χ4v) is 3.16. The van der Waals surface area contributed by atoms with Crippen LogP contribution in [-0.4, -0.2) is 32.1 Å². The summed E-state index contributed by atoms with van der Waals surface area (Å²) in [5, 5.41) is 12.7. The number of Topliss-reactive ketones (excluding diaryl/α,β-unsaturated/α-hetero) is 1. The zero-order valence-electron chi connectivity index (χ0n) is 11.1. The summed E-state index contributed by atoms with van der Waals surface area (Å²) in [6.45, 7) is 4.08. The van der Waals surface area contributed by atoms with Gasteiger partial charge >= 0.3 is 0 Å². The van der Waals surface area contributed by atoms with Gasteiger partial charge in [0.2, 0.25) is 0 Å². The van der Waals surface area contributed by atoms with Crippen LogP contribution in [0.15, 0.2) is 6.20 Å². The molecular weight excluding hydrogens is 278 g/mol. The molecule has 2 N–H and O–H groups in total. The summed E-state index contributed by atoms with van der Waals surface area (Å²) in [7, 11) is 0. The minimum atomic E-state index is -0.392. The molecule has 0 spiro atoms. The van der Waals surface area contributed by atoms with Crippen molar-refractivity contribution in [3.63, 3.8) is 0 Å². The van der Waals surface area contributed by atoms with Crippen LogP contribution in [0.4, 0.5) is 5.13 Å². The van der Waals surface area contributed by atoms with Gasteiger partial charge in [-0.1, -0.05) is 25.2 Å². The van der Waals surface area contributed by atoms with Gasteiger partial charge in [0.15, 0.2) is 16.6 Å². The van der Waals surface area contributed by atoms with Crippen molar-refractivity contribution in [1.82, 2.24) is 20.4 Å². The Morgan fingerprint density at radius 1 is 1.45 bits per heavy atom. The minimum absolute atomic E-state index is 0.0778. The Morgan fingerprint density at radius 3 is 2.95 bits per heavy atom. The van der Waals surface area contributed by atoms with E-state index < -0.39 is 5.91 Å². The number of amides is 1. The summed E-state index contributed by atoms with van der Waals surface area (Å²) in [6.07, 6.45) is 2.58. The van der Waals surface area contributed by atoms with E-state index in [9.17, 15) is 9.59 Å². The highest BCUT2D eigenvalue weighted by Crippen LogP contribution is 2.38. The SMILES string of the molecule is CC1(C)CC(=O)c2sc(NC(=O)c3cn[nH]n3)nc2C1. The van der Waals surface area contributed by atoms with Crippen molar-refractivity contribution >= 4 is 28.2 Å². The van der Waals surface area contributed by atoms with Crippen molar-refractivity contribution in [1.29, 1.82) is 0 Å². The summed E-state index contributed by atoms with van der Waals surface area (Å²) >= 11 is 1.22. The Kier molecular flexibility index (Phi) is 2.89. The molecule has 1 amide bonds. The third-order valence-corrected chi connectivity index (χ3v) is 4.16. The lowest BCUT2D eigenvalue weighted by Crippen LogP contribution is -2.26. The fourth-order valence-electron chi connectivity index (χ4n) is 2.25. The van der Waals surface area contributed by atoms with E-state index in [1.807, 2.05) is 13.8 Å². The Hall–Kier alpha value is -2.09. The van der Waals surface area contributed by atoms with Gasteiger partial charge in [0.25, 0.3) is 5.91 Å². The van der Waals surface area contributed by atoms with Gasteiger partial charge < -0.3 is 0 Å². The van der Waals surface area contributed by atoms with Crippen molar-refractivity contribution < 1.29 is 9.59 Å². The highest BCUT2D eigenvalue weighted by molar-refractivity contribution is 7.17. The molecule has 104 valence electrons. The summed E-state index contributed by atoms with van der Waals surface area (Å²) in [5.41, 5.74) is 0.877. The summed E-state index contributed by atoms with van der Waals surface area (Å²) in [6, 6.07) is 0. The van der Waals surface area contributed by atoms with Crippen molar-refractivity contribution in [3.05, 3.63) is 22.5 Å². The zero-order valence-corrected chi connectivity index (χ0v) is 11.9. The quantitative estimate of drug-likeness (QED) is 0.876. The molecule has 0 bridgehead atoms. The summed E-state index contributed by atoms with van der Waals surface area (Å²) in [5.74, 6) is -0.299. The number of hydrogen-bond acceptors (Lipinski definition) is 6. The van der Waals surface area contributed by atoms with Gasteiger partial charge in [-0.2, -0.15) is 15.4 Å². The molecular formula is C12H13N5O2S. The molecule has 8 heteroatoms. The van der Waals surface area contributed by atoms with Crippen LogP contribution in [-0.2, 0) is 6.42 Å². The summed E-state index contributed by atoms with van der Waals surface area (Å²) in [4.78, 5) is 28.9. The number of rotatable bonds is 2. The Labute approximate surface area is 118 Å². The maximum Gasteiger partial charge on any atom is 0.279 e. The molecule has 1 aliphatic rings. The van der Waals surface area contributed by atoms with E-state index in [0.29, 0.717) is 16.4 Å². The first-order valence-electron chi connectivity index (χ1n) is 6.15. The van der Waals surface area contributed by atoms with Gasteiger partial charge in [0.1, 0.15) is 0 Å². The van der Waals surface area contributed by atoms with Gasteiger partial charge in [-0.25, -0.2) is 4.98 Å². The van der Waals surface area contributed by atoms with Crippen molar-refractivity contribution in [2.75, 3.05) is 5.32 Å². The van der Waals surface area contributed by atoms with Gasteiger partial charge in [0.05, 0.1) is 16.8 Å².